The normalized spacial score (nSPS) is 25.7. The summed E-state index contributed by atoms with van der Waals surface area (Å²) in [7, 11) is 0. The number of fused-ring (bicyclic) bond motifs is 1. The number of carbonyl (C=O) groups excluding carboxylic acids is 1. The van der Waals surface area contributed by atoms with Gasteiger partial charge < -0.3 is 18.8 Å². The van der Waals surface area contributed by atoms with E-state index in [0.717, 1.165) is 12.8 Å². The second kappa shape index (κ2) is 6.48. The molecular weight excluding hydrogens is 327 g/mol. The molecule has 2 aliphatic rings. The first kappa shape index (κ1) is 16.1. The number of hydrogen-bond acceptors (Lipinski definition) is 5. The first-order valence-corrected chi connectivity index (χ1v) is 8.39. The smallest absolute Gasteiger partial charge is 0.257 e. The molecule has 7 heteroatoms. The Labute approximate surface area is 144 Å². The summed E-state index contributed by atoms with van der Waals surface area (Å²) in [5, 5.41) is 0. The molecule has 2 fully saturated rings. The van der Waals surface area contributed by atoms with Gasteiger partial charge in [0.25, 0.3) is 11.8 Å². The lowest BCUT2D eigenvalue weighted by Gasteiger charge is -2.31. The van der Waals surface area contributed by atoms with Crippen LogP contribution in [0, 0.1) is 12.7 Å². The van der Waals surface area contributed by atoms with Gasteiger partial charge >= 0.3 is 0 Å². The molecule has 0 saturated carbocycles. The number of rotatable bonds is 3. The number of halogens is 1. The molecule has 0 aromatic carbocycles. The number of aromatic nitrogens is 1. The Morgan fingerprint density at radius 1 is 1.44 bits per heavy atom. The minimum absolute atomic E-state index is 0.0609. The zero-order valence-electron chi connectivity index (χ0n) is 13.9. The van der Waals surface area contributed by atoms with E-state index in [-0.39, 0.29) is 23.9 Å². The largest absolute Gasteiger partial charge is 0.469 e. The lowest BCUT2D eigenvalue weighted by Crippen LogP contribution is -2.44. The van der Waals surface area contributed by atoms with Crippen LogP contribution >= 0.6 is 0 Å². The highest BCUT2D eigenvalue weighted by atomic mass is 19.1. The standard InChI is InChI=1S/C18H19FN2O4/c1-11-12(6-9-23-11)18(22)21-10-15(16-14(21)5-3-8-24-16)25-17-13(19)4-2-7-20-17/h2,4,6-7,9,14-16H,3,5,8,10H2,1H3/t14-,15-,16+/m0/s1. The van der Waals surface area contributed by atoms with E-state index in [2.05, 4.69) is 4.98 Å². The van der Waals surface area contributed by atoms with Gasteiger partial charge in [-0.3, -0.25) is 4.79 Å². The van der Waals surface area contributed by atoms with Crippen LogP contribution in [-0.2, 0) is 4.74 Å². The molecule has 0 radical (unpaired) electrons. The van der Waals surface area contributed by atoms with Crippen LogP contribution in [-0.4, -0.2) is 47.2 Å². The highest BCUT2D eigenvalue weighted by Crippen LogP contribution is 2.33. The van der Waals surface area contributed by atoms with Crippen molar-refractivity contribution in [2.45, 2.75) is 38.0 Å². The topological polar surface area (TPSA) is 64.8 Å². The van der Waals surface area contributed by atoms with Crippen molar-refractivity contribution in [3.8, 4) is 5.88 Å². The maximum Gasteiger partial charge on any atom is 0.257 e. The molecular formula is C18H19FN2O4. The number of furan rings is 1. The van der Waals surface area contributed by atoms with Gasteiger partial charge in [0.15, 0.2) is 5.82 Å². The Bertz CT molecular complexity index is 778. The van der Waals surface area contributed by atoms with E-state index in [9.17, 15) is 9.18 Å². The lowest BCUT2D eigenvalue weighted by atomic mass is 10.0. The number of amides is 1. The van der Waals surface area contributed by atoms with Crippen LogP contribution in [0.4, 0.5) is 4.39 Å². The fourth-order valence-corrected chi connectivity index (χ4v) is 3.61. The molecule has 4 rings (SSSR count). The van der Waals surface area contributed by atoms with E-state index in [1.165, 1.54) is 24.6 Å². The van der Waals surface area contributed by atoms with Crippen LogP contribution in [0.2, 0.25) is 0 Å². The molecule has 132 valence electrons. The molecule has 25 heavy (non-hydrogen) atoms. The minimum atomic E-state index is -0.523. The first-order chi connectivity index (χ1) is 12.1. The predicted molar refractivity (Wildman–Crippen MR) is 85.9 cm³/mol. The number of ether oxygens (including phenoxy) is 2. The van der Waals surface area contributed by atoms with Crippen molar-refractivity contribution in [2.24, 2.45) is 0 Å². The van der Waals surface area contributed by atoms with Crippen molar-refractivity contribution < 1.29 is 23.1 Å². The average Bonchev–Trinajstić information content (AvgIpc) is 3.21. The molecule has 2 saturated heterocycles. The molecule has 0 aliphatic carbocycles. The molecule has 0 N–H and O–H groups in total. The van der Waals surface area contributed by atoms with E-state index in [1.54, 1.807) is 17.9 Å². The summed E-state index contributed by atoms with van der Waals surface area (Å²) in [6, 6.07) is 4.39. The van der Waals surface area contributed by atoms with Crippen LogP contribution in [0.15, 0.2) is 35.1 Å². The summed E-state index contributed by atoms with van der Waals surface area (Å²) in [4.78, 5) is 18.6. The zero-order valence-corrected chi connectivity index (χ0v) is 13.9. The summed E-state index contributed by atoms with van der Waals surface area (Å²) in [5.41, 5.74) is 0.536. The Morgan fingerprint density at radius 3 is 3.08 bits per heavy atom. The SMILES string of the molecule is Cc1occc1C(=O)N1C[C@H](Oc2ncccc2F)[C@@H]2OCCC[C@@H]21. The Balaban J connectivity index is 1.59. The molecule has 4 heterocycles. The van der Waals surface area contributed by atoms with Gasteiger partial charge in [-0.1, -0.05) is 0 Å². The van der Waals surface area contributed by atoms with Gasteiger partial charge in [0.05, 0.1) is 24.4 Å². The van der Waals surface area contributed by atoms with Gasteiger partial charge in [-0.25, -0.2) is 9.37 Å². The summed E-state index contributed by atoms with van der Waals surface area (Å²) in [5.74, 6) is -0.114. The number of aryl methyl sites for hydroxylation is 1. The van der Waals surface area contributed by atoms with Crippen molar-refractivity contribution >= 4 is 5.91 Å². The first-order valence-electron chi connectivity index (χ1n) is 8.39. The van der Waals surface area contributed by atoms with Crippen LogP contribution in [0.5, 0.6) is 5.88 Å². The molecule has 6 nitrogen and oxygen atoms in total. The second-order valence-corrected chi connectivity index (χ2v) is 6.34. The highest BCUT2D eigenvalue weighted by molar-refractivity contribution is 5.95. The van der Waals surface area contributed by atoms with Gasteiger partial charge in [-0.2, -0.15) is 0 Å². The quantitative estimate of drug-likeness (QED) is 0.855. The van der Waals surface area contributed by atoms with E-state index in [0.29, 0.717) is 24.5 Å². The number of pyridine rings is 1. The summed E-state index contributed by atoms with van der Waals surface area (Å²) < 4.78 is 30.8. The van der Waals surface area contributed by atoms with E-state index in [4.69, 9.17) is 13.9 Å². The third kappa shape index (κ3) is 2.89. The molecule has 2 aromatic heterocycles. The molecule has 0 spiro atoms. The van der Waals surface area contributed by atoms with Gasteiger partial charge in [0.2, 0.25) is 0 Å². The van der Waals surface area contributed by atoms with Crippen LogP contribution in [0.1, 0.15) is 29.0 Å². The molecule has 0 unspecified atom stereocenters. The molecule has 0 bridgehead atoms. The van der Waals surface area contributed by atoms with Crippen molar-refractivity contribution in [3.63, 3.8) is 0 Å². The maximum atomic E-state index is 13.9. The van der Waals surface area contributed by atoms with Crippen LogP contribution < -0.4 is 4.74 Å². The molecule has 2 aliphatic heterocycles. The Morgan fingerprint density at radius 2 is 2.32 bits per heavy atom. The maximum absolute atomic E-state index is 13.9. The van der Waals surface area contributed by atoms with Crippen molar-refractivity contribution in [1.29, 1.82) is 0 Å². The average molecular weight is 346 g/mol. The number of carbonyl (C=O) groups is 1. The Kier molecular flexibility index (Phi) is 4.17. The van der Waals surface area contributed by atoms with Crippen molar-refractivity contribution in [2.75, 3.05) is 13.2 Å². The molecule has 3 atom stereocenters. The van der Waals surface area contributed by atoms with Crippen LogP contribution in [0.3, 0.4) is 0 Å². The fraction of sp³-hybridized carbons (Fsp3) is 0.444. The van der Waals surface area contributed by atoms with E-state index in [1.807, 2.05) is 0 Å². The second-order valence-electron chi connectivity index (χ2n) is 6.34. The third-order valence-corrected chi connectivity index (χ3v) is 4.81. The van der Waals surface area contributed by atoms with Crippen LogP contribution in [0.25, 0.3) is 0 Å². The summed E-state index contributed by atoms with van der Waals surface area (Å²) >= 11 is 0. The third-order valence-electron chi connectivity index (χ3n) is 4.81. The Hall–Kier alpha value is -2.41. The van der Waals surface area contributed by atoms with Gasteiger partial charge in [-0.05, 0) is 38.0 Å². The molecule has 1 amide bonds. The van der Waals surface area contributed by atoms with Crippen molar-refractivity contribution in [3.05, 3.63) is 47.8 Å². The van der Waals surface area contributed by atoms with Gasteiger partial charge in [0.1, 0.15) is 18.0 Å². The van der Waals surface area contributed by atoms with E-state index >= 15 is 0 Å². The van der Waals surface area contributed by atoms with Gasteiger partial charge in [-0.15, -0.1) is 0 Å². The number of likely N-dealkylation sites (tertiary alicyclic amines) is 1. The number of nitrogens with zero attached hydrogens (tertiary/aromatic N) is 2. The lowest BCUT2D eigenvalue weighted by molar-refractivity contribution is -0.0462. The predicted octanol–water partition coefficient (Wildman–Crippen LogP) is 2.57. The van der Waals surface area contributed by atoms with Gasteiger partial charge in [0, 0.05) is 12.8 Å². The summed E-state index contributed by atoms with van der Waals surface area (Å²) in [6.45, 7) is 2.70. The van der Waals surface area contributed by atoms with E-state index < -0.39 is 11.9 Å². The summed E-state index contributed by atoms with van der Waals surface area (Å²) in [6.07, 6.45) is 3.95. The zero-order chi connectivity index (χ0) is 17.4. The molecule has 2 aromatic rings. The number of hydrogen-bond donors (Lipinski definition) is 0. The van der Waals surface area contributed by atoms with Crippen molar-refractivity contribution in [1.82, 2.24) is 9.88 Å². The fourth-order valence-electron chi connectivity index (χ4n) is 3.61. The highest BCUT2D eigenvalue weighted by Gasteiger charge is 2.48. The monoisotopic (exact) mass is 346 g/mol. The minimum Gasteiger partial charge on any atom is -0.469 e.